The Hall–Kier alpha value is -3.44. The van der Waals surface area contributed by atoms with Gasteiger partial charge in [0.15, 0.2) is 12.3 Å². The molecule has 0 aliphatic rings. The Balaban J connectivity index is 1.73. The lowest BCUT2D eigenvalue weighted by Gasteiger charge is -2.21. The van der Waals surface area contributed by atoms with Crippen LogP contribution in [0.5, 0.6) is 0 Å². The summed E-state index contributed by atoms with van der Waals surface area (Å²) in [5.41, 5.74) is 2.15. The minimum Gasteiger partial charge on any atom is -0.452 e. The minimum absolute atomic E-state index is 0.132. The van der Waals surface area contributed by atoms with E-state index in [1.54, 1.807) is 42.1 Å². The largest absolute Gasteiger partial charge is 0.452 e. The molecule has 0 aliphatic carbocycles. The molecular formula is C20H18ClN5O3. The van der Waals surface area contributed by atoms with Gasteiger partial charge in [-0.2, -0.15) is 10.4 Å². The molecule has 2 aromatic heterocycles. The number of pyridine rings is 1. The molecule has 0 unspecified atom stereocenters. The first kappa shape index (κ1) is 20.3. The van der Waals surface area contributed by atoms with Crippen LogP contribution in [0, 0.1) is 18.3 Å². The standard InChI is InChI=1S/C20H18ClN5O3/c1-13-17-9-14(11-23-19(17)25(2)24-13)20(28)29-12-18(27)26(8-4-7-22)16-6-3-5-15(21)10-16/h3,5-6,9-11H,4,8,12H2,1-2H3. The van der Waals surface area contributed by atoms with Crippen LogP contribution in [-0.2, 0) is 16.6 Å². The van der Waals surface area contributed by atoms with Crippen molar-refractivity contribution >= 4 is 40.2 Å². The third-order valence-electron chi connectivity index (χ3n) is 4.29. The highest BCUT2D eigenvalue weighted by atomic mass is 35.5. The zero-order valence-corrected chi connectivity index (χ0v) is 16.7. The summed E-state index contributed by atoms with van der Waals surface area (Å²) in [6, 6.07) is 10.3. The molecule has 3 aromatic rings. The predicted octanol–water partition coefficient (Wildman–Crippen LogP) is 3.03. The van der Waals surface area contributed by atoms with E-state index in [1.807, 2.05) is 13.0 Å². The first-order valence-electron chi connectivity index (χ1n) is 8.80. The molecule has 9 heteroatoms. The van der Waals surface area contributed by atoms with Crippen molar-refractivity contribution < 1.29 is 14.3 Å². The summed E-state index contributed by atoms with van der Waals surface area (Å²) in [4.78, 5) is 30.6. The minimum atomic E-state index is -0.665. The first-order valence-corrected chi connectivity index (χ1v) is 9.18. The van der Waals surface area contributed by atoms with Crippen molar-refractivity contribution in [1.82, 2.24) is 14.8 Å². The van der Waals surface area contributed by atoms with E-state index in [-0.39, 0.29) is 18.5 Å². The number of esters is 1. The van der Waals surface area contributed by atoms with E-state index in [9.17, 15) is 9.59 Å². The first-order chi connectivity index (χ1) is 13.9. The lowest BCUT2D eigenvalue weighted by Crippen LogP contribution is -2.35. The number of carbonyl (C=O) groups excluding carboxylic acids is 2. The van der Waals surface area contributed by atoms with Gasteiger partial charge in [0.25, 0.3) is 5.91 Å². The summed E-state index contributed by atoms with van der Waals surface area (Å²) in [7, 11) is 1.77. The van der Waals surface area contributed by atoms with E-state index >= 15 is 0 Å². The quantitative estimate of drug-likeness (QED) is 0.578. The van der Waals surface area contributed by atoms with E-state index in [4.69, 9.17) is 21.6 Å². The molecule has 0 N–H and O–H groups in total. The number of nitrogens with zero attached hydrogens (tertiary/aromatic N) is 5. The molecule has 0 spiro atoms. The number of ether oxygens (including phenoxy) is 1. The second-order valence-corrected chi connectivity index (χ2v) is 6.75. The van der Waals surface area contributed by atoms with Crippen molar-refractivity contribution in [3.8, 4) is 6.07 Å². The maximum absolute atomic E-state index is 12.6. The van der Waals surface area contributed by atoms with Gasteiger partial charge in [0.05, 0.1) is 23.7 Å². The smallest absolute Gasteiger partial charge is 0.340 e. The van der Waals surface area contributed by atoms with Crippen molar-refractivity contribution in [3.63, 3.8) is 0 Å². The molecule has 8 nitrogen and oxygen atoms in total. The number of amides is 1. The average molecular weight is 412 g/mol. The molecule has 0 radical (unpaired) electrons. The van der Waals surface area contributed by atoms with E-state index in [0.29, 0.717) is 16.4 Å². The molecule has 148 valence electrons. The summed E-state index contributed by atoms with van der Waals surface area (Å²) in [6.07, 6.45) is 1.52. The number of halogens is 1. The molecule has 0 atom stereocenters. The predicted molar refractivity (Wildman–Crippen MR) is 108 cm³/mol. The molecular weight excluding hydrogens is 394 g/mol. The van der Waals surface area contributed by atoms with Crippen LogP contribution in [-0.4, -0.2) is 39.8 Å². The van der Waals surface area contributed by atoms with E-state index < -0.39 is 18.5 Å². The van der Waals surface area contributed by atoms with Gasteiger partial charge >= 0.3 is 5.97 Å². The van der Waals surface area contributed by atoms with Gasteiger partial charge < -0.3 is 9.64 Å². The van der Waals surface area contributed by atoms with E-state index in [2.05, 4.69) is 10.1 Å². The van der Waals surface area contributed by atoms with Crippen molar-refractivity contribution in [3.05, 3.63) is 52.8 Å². The van der Waals surface area contributed by atoms with Crippen LogP contribution < -0.4 is 4.90 Å². The summed E-state index contributed by atoms with van der Waals surface area (Å²) in [6.45, 7) is 1.51. The Kier molecular flexibility index (Phi) is 6.10. The van der Waals surface area contributed by atoms with Crippen molar-refractivity contribution in [2.24, 2.45) is 7.05 Å². The number of rotatable bonds is 6. The Morgan fingerprint density at radius 3 is 2.86 bits per heavy atom. The van der Waals surface area contributed by atoms with Crippen LogP contribution in [0.2, 0.25) is 5.02 Å². The fourth-order valence-corrected chi connectivity index (χ4v) is 3.10. The number of anilines is 1. The number of fused-ring (bicyclic) bond motifs is 1. The molecule has 0 saturated carbocycles. The molecule has 1 aromatic carbocycles. The van der Waals surface area contributed by atoms with Crippen LogP contribution in [0.4, 0.5) is 5.69 Å². The Morgan fingerprint density at radius 2 is 2.14 bits per heavy atom. The second kappa shape index (κ2) is 8.71. The highest BCUT2D eigenvalue weighted by Crippen LogP contribution is 2.21. The summed E-state index contributed by atoms with van der Waals surface area (Å²) < 4.78 is 6.81. The fraction of sp³-hybridized carbons (Fsp3) is 0.250. The van der Waals surface area contributed by atoms with Crippen LogP contribution in [0.25, 0.3) is 11.0 Å². The van der Waals surface area contributed by atoms with Crippen molar-refractivity contribution in [2.45, 2.75) is 13.3 Å². The van der Waals surface area contributed by atoms with Gasteiger partial charge in [-0.3, -0.25) is 9.48 Å². The molecule has 0 aliphatic heterocycles. The lowest BCUT2D eigenvalue weighted by molar-refractivity contribution is -0.121. The second-order valence-electron chi connectivity index (χ2n) is 6.31. The zero-order chi connectivity index (χ0) is 21.0. The van der Waals surface area contributed by atoms with Crippen LogP contribution in [0.3, 0.4) is 0 Å². The molecule has 29 heavy (non-hydrogen) atoms. The number of hydrogen-bond acceptors (Lipinski definition) is 6. The third kappa shape index (κ3) is 4.52. The number of benzene rings is 1. The molecule has 1 amide bonds. The number of aryl methyl sites for hydroxylation is 2. The van der Waals surface area contributed by atoms with E-state index in [1.165, 1.54) is 11.1 Å². The van der Waals surface area contributed by atoms with Crippen LogP contribution in [0.15, 0.2) is 36.5 Å². The molecule has 3 rings (SSSR count). The molecule has 0 saturated heterocycles. The summed E-state index contributed by atoms with van der Waals surface area (Å²) >= 11 is 6.00. The highest BCUT2D eigenvalue weighted by molar-refractivity contribution is 6.30. The Morgan fingerprint density at radius 1 is 1.34 bits per heavy atom. The third-order valence-corrected chi connectivity index (χ3v) is 4.53. The van der Waals surface area contributed by atoms with Gasteiger partial charge in [-0.25, -0.2) is 9.78 Å². The van der Waals surface area contributed by atoms with Gasteiger partial charge in [-0.05, 0) is 31.2 Å². The number of nitriles is 1. The topological polar surface area (TPSA) is 101 Å². The monoisotopic (exact) mass is 411 g/mol. The summed E-state index contributed by atoms with van der Waals surface area (Å²) in [5.74, 6) is -1.12. The maximum atomic E-state index is 12.6. The fourth-order valence-electron chi connectivity index (χ4n) is 2.91. The normalized spacial score (nSPS) is 10.6. The highest BCUT2D eigenvalue weighted by Gasteiger charge is 2.19. The van der Waals surface area contributed by atoms with Gasteiger partial charge in [-0.1, -0.05) is 17.7 Å². The maximum Gasteiger partial charge on any atom is 0.340 e. The van der Waals surface area contributed by atoms with E-state index in [0.717, 1.165) is 11.1 Å². The SMILES string of the molecule is Cc1nn(C)c2ncc(C(=O)OCC(=O)N(CCC#N)c3cccc(Cl)c3)cc12. The Labute approximate surface area is 172 Å². The van der Waals surface area contributed by atoms with Crippen molar-refractivity contribution in [2.75, 3.05) is 18.1 Å². The van der Waals surface area contributed by atoms with Gasteiger partial charge in [0, 0.05) is 35.9 Å². The Bertz CT molecular complexity index is 1120. The number of aromatic nitrogens is 3. The lowest BCUT2D eigenvalue weighted by atomic mass is 10.2. The van der Waals surface area contributed by atoms with Crippen LogP contribution >= 0.6 is 11.6 Å². The summed E-state index contributed by atoms with van der Waals surface area (Å²) in [5, 5.41) is 14.3. The number of carbonyl (C=O) groups is 2. The van der Waals surface area contributed by atoms with Crippen molar-refractivity contribution in [1.29, 1.82) is 5.26 Å². The molecule has 0 fully saturated rings. The number of hydrogen-bond donors (Lipinski definition) is 0. The van der Waals surface area contributed by atoms with Crippen LogP contribution in [0.1, 0.15) is 22.5 Å². The molecule has 0 bridgehead atoms. The average Bonchev–Trinajstić information content (AvgIpc) is 2.99. The zero-order valence-electron chi connectivity index (χ0n) is 15.9. The molecule has 2 heterocycles. The van der Waals surface area contributed by atoms with Gasteiger partial charge in [-0.15, -0.1) is 0 Å². The van der Waals surface area contributed by atoms with Gasteiger partial charge in [0.2, 0.25) is 0 Å². The van der Waals surface area contributed by atoms with Gasteiger partial charge in [0.1, 0.15) is 0 Å².